The number of methoxy groups -OCH3 is 1. The SMILES string of the molecule is CCc1nnsc1C(=O)Nc1ccc(OC)cc1. The van der Waals surface area contributed by atoms with E-state index in [1.165, 1.54) is 0 Å². The lowest BCUT2D eigenvalue weighted by Gasteiger charge is -2.05. The van der Waals surface area contributed by atoms with Crippen LogP contribution < -0.4 is 10.1 Å². The summed E-state index contributed by atoms with van der Waals surface area (Å²) in [5, 5.41) is 6.72. The van der Waals surface area contributed by atoms with Gasteiger partial charge in [-0.1, -0.05) is 11.4 Å². The maximum absolute atomic E-state index is 12.0. The molecule has 2 aromatic rings. The number of hydrogen-bond donors (Lipinski definition) is 1. The molecule has 1 amide bonds. The molecular weight excluding hydrogens is 250 g/mol. The van der Waals surface area contributed by atoms with Crippen molar-refractivity contribution in [2.45, 2.75) is 13.3 Å². The van der Waals surface area contributed by atoms with E-state index >= 15 is 0 Å². The van der Waals surface area contributed by atoms with E-state index < -0.39 is 0 Å². The van der Waals surface area contributed by atoms with Crippen molar-refractivity contribution >= 4 is 23.1 Å². The Kier molecular flexibility index (Phi) is 3.88. The number of amides is 1. The molecule has 94 valence electrons. The summed E-state index contributed by atoms with van der Waals surface area (Å²) >= 11 is 1.11. The number of rotatable bonds is 4. The first-order chi connectivity index (χ1) is 8.74. The zero-order valence-corrected chi connectivity index (χ0v) is 11.0. The van der Waals surface area contributed by atoms with E-state index in [0.29, 0.717) is 11.3 Å². The highest BCUT2D eigenvalue weighted by Crippen LogP contribution is 2.18. The van der Waals surface area contributed by atoms with Crippen LogP contribution in [0.25, 0.3) is 0 Å². The van der Waals surface area contributed by atoms with Gasteiger partial charge >= 0.3 is 0 Å². The van der Waals surface area contributed by atoms with E-state index in [1.54, 1.807) is 31.4 Å². The molecule has 0 radical (unpaired) electrons. The van der Waals surface area contributed by atoms with Gasteiger partial charge in [-0.3, -0.25) is 4.79 Å². The first-order valence-electron chi connectivity index (χ1n) is 5.51. The fourth-order valence-corrected chi connectivity index (χ4v) is 2.12. The van der Waals surface area contributed by atoms with Crippen molar-refractivity contribution in [1.82, 2.24) is 9.59 Å². The second-order valence-electron chi connectivity index (χ2n) is 3.58. The van der Waals surface area contributed by atoms with E-state index in [0.717, 1.165) is 28.7 Å². The molecule has 1 heterocycles. The largest absolute Gasteiger partial charge is 0.497 e. The fourth-order valence-electron chi connectivity index (χ4n) is 1.47. The number of carbonyl (C=O) groups excluding carboxylic acids is 1. The molecule has 6 heteroatoms. The molecule has 1 N–H and O–H groups in total. The third kappa shape index (κ3) is 2.65. The maximum atomic E-state index is 12.0. The van der Waals surface area contributed by atoms with Gasteiger partial charge in [0.05, 0.1) is 12.8 Å². The Morgan fingerprint density at radius 3 is 2.72 bits per heavy atom. The molecule has 0 saturated heterocycles. The van der Waals surface area contributed by atoms with Crippen molar-refractivity contribution in [3.8, 4) is 5.75 Å². The number of benzene rings is 1. The highest BCUT2D eigenvalue weighted by atomic mass is 32.1. The lowest BCUT2D eigenvalue weighted by atomic mass is 10.2. The summed E-state index contributed by atoms with van der Waals surface area (Å²) in [6.45, 7) is 1.95. The number of aryl methyl sites for hydroxylation is 1. The van der Waals surface area contributed by atoms with Crippen molar-refractivity contribution in [3.05, 3.63) is 34.8 Å². The Balaban J connectivity index is 2.11. The number of anilines is 1. The molecule has 0 saturated carbocycles. The minimum atomic E-state index is -0.174. The van der Waals surface area contributed by atoms with Crippen LogP contribution in [0, 0.1) is 0 Å². The Labute approximate surface area is 109 Å². The van der Waals surface area contributed by atoms with Crippen molar-refractivity contribution in [2.75, 3.05) is 12.4 Å². The Morgan fingerprint density at radius 1 is 1.39 bits per heavy atom. The zero-order valence-electron chi connectivity index (χ0n) is 10.1. The van der Waals surface area contributed by atoms with Gasteiger partial charge in [0.1, 0.15) is 10.6 Å². The van der Waals surface area contributed by atoms with Gasteiger partial charge in [0, 0.05) is 5.69 Å². The van der Waals surface area contributed by atoms with Crippen LogP contribution >= 0.6 is 11.5 Å². The highest BCUT2D eigenvalue weighted by molar-refractivity contribution is 7.08. The molecule has 18 heavy (non-hydrogen) atoms. The Morgan fingerprint density at radius 2 is 2.11 bits per heavy atom. The molecule has 0 bridgehead atoms. The summed E-state index contributed by atoms with van der Waals surface area (Å²) < 4.78 is 8.85. The van der Waals surface area contributed by atoms with Crippen LogP contribution in [0.3, 0.4) is 0 Å². The summed E-state index contributed by atoms with van der Waals surface area (Å²) in [5.74, 6) is 0.578. The number of carbonyl (C=O) groups is 1. The molecular formula is C12H13N3O2S. The van der Waals surface area contributed by atoms with E-state index in [2.05, 4.69) is 14.9 Å². The van der Waals surface area contributed by atoms with E-state index in [-0.39, 0.29) is 5.91 Å². The van der Waals surface area contributed by atoms with E-state index in [4.69, 9.17) is 4.74 Å². The topological polar surface area (TPSA) is 64.1 Å². The second kappa shape index (κ2) is 5.59. The van der Waals surface area contributed by atoms with Crippen molar-refractivity contribution in [3.63, 3.8) is 0 Å². The van der Waals surface area contributed by atoms with Crippen LogP contribution in [0.1, 0.15) is 22.3 Å². The average Bonchev–Trinajstić information content (AvgIpc) is 2.88. The predicted octanol–water partition coefficient (Wildman–Crippen LogP) is 2.36. The zero-order chi connectivity index (χ0) is 13.0. The van der Waals surface area contributed by atoms with Crippen molar-refractivity contribution in [1.29, 1.82) is 0 Å². The monoisotopic (exact) mass is 263 g/mol. The van der Waals surface area contributed by atoms with Gasteiger partial charge in [0.25, 0.3) is 5.91 Å². The number of hydrogen-bond acceptors (Lipinski definition) is 5. The Bertz CT molecular complexity index is 537. The summed E-state index contributed by atoms with van der Waals surface area (Å²) in [6, 6.07) is 7.16. The van der Waals surface area contributed by atoms with Crippen LogP contribution in [0.15, 0.2) is 24.3 Å². The Hall–Kier alpha value is -1.95. The quantitative estimate of drug-likeness (QED) is 0.919. The minimum absolute atomic E-state index is 0.174. The molecule has 1 aromatic carbocycles. The summed E-state index contributed by atoms with van der Waals surface area (Å²) in [6.07, 6.45) is 0.696. The number of nitrogens with zero attached hydrogens (tertiary/aromatic N) is 2. The van der Waals surface area contributed by atoms with Crippen LogP contribution in [-0.4, -0.2) is 22.6 Å². The lowest BCUT2D eigenvalue weighted by Crippen LogP contribution is -2.12. The molecule has 5 nitrogen and oxygen atoms in total. The summed E-state index contributed by atoms with van der Waals surface area (Å²) in [5.41, 5.74) is 1.45. The predicted molar refractivity (Wildman–Crippen MR) is 70.2 cm³/mol. The van der Waals surface area contributed by atoms with Gasteiger partial charge in [0.15, 0.2) is 0 Å². The summed E-state index contributed by atoms with van der Waals surface area (Å²) in [4.78, 5) is 12.6. The van der Waals surface area contributed by atoms with Gasteiger partial charge in [-0.05, 0) is 42.2 Å². The molecule has 0 spiro atoms. The molecule has 0 unspecified atom stereocenters. The molecule has 0 aliphatic rings. The molecule has 0 aliphatic carbocycles. The molecule has 2 rings (SSSR count). The van der Waals surface area contributed by atoms with Crippen LogP contribution in [0.4, 0.5) is 5.69 Å². The third-order valence-electron chi connectivity index (χ3n) is 2.44. The van der Waals surface area contributed by atoms with Crippen molar-refractivity contribution < 1.29 is 9.53 Å². The molecule has 0 atom stereocenters. The normalized spacial score (nSPS) is 10.1. The van der Waals surface area contributed by atoms with E-state index in [1.807, 2.05) is 6.92 Å². The van der Waals surface area contributed by atoms with Crippen LogP contribution in [0.2, 0.25) is 0 Å². The van der Waals surface area contributed by atoms with Gasteiger partial charge in [-0.25, -0.2) is 0 Å². The number of aromatic nitrogens is 2. The highest BCUT2D eigenvalue weighted by Gasteiger charge is 2.14. The maximum Gasteiger partial charge on any atom is 0.269 e. The minimum Gasteiger partial charge on any atom is -0.497 e. The number of nitrogens with one attached hydrogen (secondary N) is 1. The third-order valence-corrected chi connectivity index (χ3v) is 3.21. The van der Waals surface area contributed by atoms with Crippen LogP contribution in [-0.2, 0) is 6.42 Å². The summed E-state index contributed by atoms with van der Waals surface area (Å²) in [7, 11) is 1.60. The lowest BCUT2D eigenvalue weighted by molar-refractivity contribution is 0.102. The number of ether oxygens (including phenoxy) is 1. The average molecular weight is 263 g/mol. The fraction of sp³-hybridized carbons (Fsp3) is 0.250. The van der Waals surface area contributed by atoms with Gasteiger partial charge in [0.2, 0.25) is 0 Å². The van der Waals surface area contributed by atoms with E-state index in [9.17, 15) is 4.79 Å². The molecule has 1 aromatic heterocycles. The second-order valence-corrected chi connectivity index (χ2v) is 4.34. The van der Waals surface area contributed by atoms with Gasteiger partial charge < -0.3 is 10.1 Å². The first kappa shape index (κ1) is 12.5. The molecule has 0 fully saturated rings. The van der Waals surface area contributed by atoms with Crippen molar-refractivity contribution in [2.24, 2.45) is 0 Å². The first-order valence-corrected chi connectivity index (χ1v) is 6.28. The molecule has 0 aliphatic heterocycles. The van der Waals surface area contributed by atoms with Gasteiger partial charge in [-0.2, -0.15) is 0 Å². The van der Waals surface area contributed by atoms with Crippen LogP contribution in [0.5, 0.6) is 5.75 Å². The standard InChI is InChI=1S/C12H13N3O2S/c1-3-10-11(18-15-14-10)12(16)13-8-4-6-9(17-2)7-5-8/h4-7H,3H2,1-2H3,(H,13,16). The smallest absolute Gasteiger partial charge is 0.269 e. The van der Waals surface area contributed by atoms with Gasteiger partial charge in [-0.15, -0.1) is 5.10 Å².